The summed E-state index contributed by atoms with van der Waals surface area (Å²) < 4.78 is 5.23. The Balaban J connectivity index is 1.64. The molecule has 0 aromatic heterocycles. The zero-order chi connectivity index (χ0) is 14.2. The van der Waals surface area contributed by atoms with Gasteiger partial charge < -0.3 is 15.2 Å². The smallest absolute Gasteiger partial charge is 0.234 e. The molecule has 1 amide bonds. The van der Waals surface area contributed by atoms with Gasteiger partial charge in [0.15, 0.2) is 0 Å². The number of nitrogens with one attached hydrogen (secondary N) is 1. The highest BCUT2D eigenvalue weighted by Gasteiger charge is 2.14. The third kappa shape index (κ3) is 5.28. The lowest BCUT2D eigenvalue weighted by atomic mass is 10.1. The lowest BCUT2D eigenvalue weighted by Gasteiger charge is -2.26. The van der Waals surface area contributed by atoms with Crippen molar-refractivity contribution < 1.29 is 14.6 Å². The number of nitrogens with zero attached hydrogens (tertiary/aromatic N) is 1. The van der Waals surface area contributed by atoms with Crippen LogP contribution in [-0.4, -0.2) is 61.4 Å². The summed E-state index contributed by atoms with van der Waals surface area (Å²) in [6, 6.07) is 9.77. The molecule has 0 spiro atoms. The van der Waals surface area contributed by atoms with Crippen molar-refractivity contribution >= 4 is 5.91 Å². The molecular weight excluding hydrogens is 256 g/mol. The maximum absolute atomic E-state index is 11.8. The zero-order valence-corrected chi connectivity index (χ0v) is 11.6. The first-order chi connectivity index (χ1) is 9.74. The monoisotopic (exact) mass is 278 g/mol. The van der Waals surface area contributed by atoms with E-state index in [0.29, 0.717) is 26.2 Å². The summed E-state index contributed by atoms with van der Waals surface area (Å²) in [6.07, 6.45) is 0.00428. The number of hydrogen-bond acceptors (Lipinski definition) is 4. The summed E-state index contributed by atoms with van der Waals surface area (Å²) in [5.41, 5.74) is 1.07. The number of aliphatic hydroxyl groups excluding tert-OH is 1. The Morgan fingerprint density at radius 2 is 2.00 bits per heavy atom. The molecule has 5 heteroatoms. The number of carbonyl (C=O) groups is 1. The molecule has 2 rings (SSSR count). The average Bonchev–Trinajstić information content (AvgIpc) is 2.47. The maximum atomic E-state index is 11.8. The Morgan fingerprint density at radius 3 is 2.70 bits per heavy atom. The second-order valence-electron chi connectivity index (χ2n) is 5.04. The van der Waals surface area contributed by atoms with E-state index in [1.165, 1.54) is 0 Å². The molecule has 1 aromatic carbocycles. The fourth-order valence-corrected chi connectivity index (χ4v) is 2.21. The highest BCUT2D eigenvalue weighted by atomic mass is 16.5. The average molecular weight is 278 g/mol. The van der Waals surface area contributed by atoms with Gasteiger partial charge in [-0.3, -0.25) is 9.69 Å². The van der Waals surface area contributed by atoms with Crippen LogP contribution in [-0.2, 0) is 16.0 Å². The van der Waals surface area contributed by atoms with E-state index in [1.807, 2.05) is 30.3 Å². The minimum atomic E-state index is -0.550. The fourth-order valence-electron chi connectivity index (χ4n) is 2.21. The van der Waals surface area contributed by atoms with Crippen molar-refractivity contribution in [2.24, 2.45) is 0 Å². The Morgan fingerprint density at radius 1 is 1.30 bits per heavy atom. The van der Waals surface area contributed by atoms with Gasteiger partial charge in [-0.25, -0.2) is 0 Å². The standard InChI is InChI=1S/C15H22N2O3/c18-14(10-13-4-2-1-3-5-13)11-16-15(19)12-17-6-8-20-9-7-17/h1-5,14,18H,6-12H2,(H,16,19). The van der Waals surface area contributed by atoms with Crippen molar-refractivity contribution in [1.29, 1.82) is 0 Å². The number of ether oxygens (including phenoxy) is 1. The summed E-state index contributed by atoms with van der Waals surface area (Å²) in [6.45, 7) is 3.62. The largest absolute Gasteiger partial charge is 0.391 e. The Labute approximate surface area is 119 Å². The van der Waals surface area contributed by atoms with Gasteiger partial charge in [0.05, 0.1) is 25.9 Å². The van der Waals surface area contributed by atoms with E-state index >= 15 is 0 Å². The van der Waals surface area contributed by atoms with E-state index < -0.39 is 6.10 Å². The van der Waals surface area contributed by atoms with Gasteiger partial charge in [0.1, 0.15) is 0 Å². The van der Waals surface area contributed by atoms with E-state index in [-0.39, 0.29) is 12.5 Å². The lowest BCUT2D eigenvalue weighted by molar-refractivity contribution is -0.123. The molecule has 0 bridgehead atoms. The zero-order valence-electron chi connectivity index (χ0n) is 11.6. The molecule has 0 radical (unpaired) electrons. The van der Waals surface area contributed by atoms with Crippen LogP contribution in [0.2, 0.25) is 0 Å². The van der Waals surface area contributed by atoms with Crippen molar-refractivity contribution in [2.45, 2.75) is 12.5 Å². The van der Waals surface area contributed by atoms with Crippen molar-refractivity contribution in [3.63, 3.8) is 0 Å². The summed E-state index contributed by atoms with van der Waals surface area (Å²) in [5, 5.41) is 12.7. The first-order valence-corrected chi connectivity index (χ1v) is 7.03. The normalized spacial score (nSPS) is 17.6. The van der Waals surface area contributed by atoms with Crippen molar-refractivity contribution in [1.82, 2.24) is 10.2 Å². The van der Waals surface area contributed by atoms with Crippen LogP contribution in [0.5, 0.6) is 0 Å². The lowest BCUT2D eigenvalue weighted by Crippen LogP contribution is -2.44. The van der Waals surface area contributed by atoms with Crippen LogP contribution in [0, 0.1) is 0 Å². The third-order valence-electron chi connectivity index (χ3n) is 3.32. The summed E-state index contributed by atoms with van der Waals surface area (Å²) in [5.74, 6) is -0.0426. The number of carbonyl (C=O) groups excluding carboxylic acids is 1. The van der Waals surface area contributed by atoms with Gasteiger partial charge >= 0.3 is 0 Å². The number of aliphatic hydroxyl groups is 1. The van der Waals surface area contributed by atoms with Gasteiger partial charge in [-0.2, -0.15) is 0 Å². The van der Waals surface area contributed by atoms with Gasteiger partial charge in [0.25, 0.3) is 0 Å². The molecule has 1 fully saturated rings. The molecule has 110 valence electrons. The van der Waals surface area contributed by atoms with E-state index in [2.05, 4.69) is 10.2 Å². The molecule has 1 aliphatic heterocycles. The molecule has 1 heterocycles. The first-order valence-electron chi connectivity index (χ1n) is 7.03. The number of benzene rings is 1. The van der Waals surface area contributed by atoms with Crippen molar-refractivity contribution in [3.8, 4) is 0 Å². The number of hydrogen-bond donors (Lipinski definition) is 2. The first kappa shape index (κ1) is 15.0. The van der Waals surface area contributed by atoms with E-state index in [1.54, 1.807) is 0 Å². The quantitative estimate of drug-likeness (QED) is 0.771. The highest BCUT2D eigenvalue weighted by molar-refractivity contribution is 5.78. The van der Waals surface area contributed by atoms with Gasteiger partial charge in [0, 0.05) is 26.1 Å². The minimum Gasteiger partial charge on any atom is -0.391 e. The maximum Gasteiger partial charge on any atom is 0.234 e. The molecule has 1 saturated heterocycles. The Kier molecular flexibility index (Phi) is 5.98. The summed E-state index contributed by atoms with van der Waals surface area (Å²) >= 11 is 0. The molecule has 2 N–H and O–H groups in total. The van der Waals surface area contributed by atoms with Crippen LogP contribution in [0.1, 0.15) is 5.56 Å². The fraction of sp³-hybridized carbons (Fsp3) is 0.533. The van der Waals surface area contributed by atoms with E-state index in [4.69, 9.17) is 4.74 Å². The number of morpholine rings is 1. The molecule has 0 aliphatic carbocycles. The molecule has 5 nitrogen and oxygen atoms in total. The molecule has 0 saturated carbocycles. The molecule has 1 aromatic rings. The third-order valence-corrected chi connectivity index (χ3v) is 3.32. The molecule has 1 aliphatic rings. The van der Waals surface area contributed by atoms with Crippen LogP contribution < -0.4 is 5.32 Å². The van der Waals surface area contributed by atoms with Gasteiger partial charge in [-0.05, 0) is 5.56 Å². The molecule has 20 heavy (non-hydrogen) atoms. The summed E-state index contributed by atoms with van der Waals surface area (Å²) in [7, 11) is 0. The number of amides is 1. The molecular formula is C15H22N2O3. The van der Waals surface area contributed by atoms with Crippen molar-refractivity contribution in [3.05, 3.63) is 35.9 Å². The molecule has 1 atom stereocenters. The second-order valence-corrected chi connectivity index (χ2v) is 5.04. The van der Waals surface area contributed by atoms with Crippen molar-refractivity contribution in [2.75, 3.05) is 39.4 Å². The van der Waals surface area contributed by atoms with Crippen LogP contribution in [0.25, 0.3) is 0 Å². The predicted molar refractivity (Wildman–Crippen MR) is 76.4 cm³/mol. The number of rotatable bonds is 6. The predicted octanol–water partition coefficient (Wildman–Crippen LogP) is 0.0384. The second kappa shape index (κ2) is 7.99. The topological polar surface area (TPSA) is 61.8 Å². The highest BCUT2D eigenvalue weighted by Crippen LogP contribution is 2.02. The molecule has 1 unspecified atom stereocenters. The van der Waals surface area contributed by atoms with Crippen LogP contribution in [0.15, 0.2) is 30.3 Å². The van der Waals surface area contributed by atoms with Gasteiger partial charge in [-0.15, -0.1) is 0 Å². The van der Waals surface area contributed by atoms with Gasteiger partial charge in [0.2, 0.25) is 5.91 Å². The minimum absolute atomic E-state index is 0.0426. The van der Waals surface area contributed by atoms with Crippen LogP contribution in [0.3, 0.4) is 0 Å². The SMILES string of the molecule is O=C(CN1CCOCC1)NCC(O)Cc1ccccc1. The van der Waals surface area contributed by atoms with Crippen LogP contribution in [0.4, 0.5) is 0 Å². The van der Waals surface area contributed by atoms with Crippen LogP contribution >= 0.6 is 0 Å². The Hall–Kier alpha value is -1.43. The van der Waals surface area contributed by atoms with Gasteiger partial charge in [-0.1, -0.05) is 30.3 Å². The van der Waals surface area contributed by atoms with E-state index in [0.717, 1.165) is 18.7 Å². The Bertz CT molecular complexity index is 405. The summed E-state index contributed by atoms with van der Waals surface area (Å²) in [4.78, 5) is 13.8. The van der Waals surface area contributed by atoms with E-state index in [9.17, 15) is 9.90 Å².